The van der Waals surface area contributed by atoms with Crippen LogP contribution >= 0.6 is 0 Å². The van der Waals surface area contributed by atoms with E-state index in [0.29, 0.717) is 12.3 Å². The third-order valence-corrected chi connectivity index (χ3v) is 5.72. The van der Waals surface area contributed by atoms with Gasteiger partial charge in [-0.15, -0.1) is 0 Å². The molecule has 3 nitrogen and oxygen atoms in total. The molecule has 0 aromatic carbocycles. The zero-order valence-electron chi connectivity index (χ0n) is 15.4. The summed E-state index contributed by atoms with van der Waals surface area (Å²) in [5.74, 6) is 0.521. The van der Waals surface area contributed by atoms with Crippen molar-refractivity contribution < 1.29 is 14.6 Å². The van der Waals surface area contributed by atoms with Crippen molar-refractivity contribution in [2.75, 3.05) is 6.61 Å². The molecule has 2 aliphatic carbocycles. The molecule has 0 aromatic heterocycles. The maximum absolute atomic E-state index is 12.0. The Bertz CT molecular complexity index is 458. The fourth-order valence-corrected chi connectivity index (χ4v) is 4.65. The van der Waals surface area contributed by atoms with Crippen molar-refractivity contribution in [2.45, 2.75) is 91.1 Å². The van der Waals surface area contributed by atoms with Gasteiger partial charge in [0.2, 0.25) is 0 Å². The van der Waals surface area contributed by atoms with Crippen LogP contribution in [0.5, 0.6) is 0 Å². The number of carbonyl (C=O) groups excluding carboxylic acids is 1. The highest BCUT2D eigenvalue weighted by atomic mass is 16.6. The van der Waals surface area contributed by atoms with E-state index in [2.05, 4.69) is 6.92 Å². The molecule has 0 radical (unpaired) electrons. The maximum atomic E-state index is 12.0. The number of esters is 1. The van der Waals surface area contributed by atoms with E-state index in [9.17, 15) is 9.90 Å². The lowest BCUT2D eigenvalue weighted by Gasteiger charge is -2.35. The van der Waals surface area contributed by atoms with Crippen LogP contribution in [0.15, 0.2) is 11.1 Å². The Balaban J connectivity index is 2.08. The van der Waals surface area contributed by atoms with Crippen LogP contribution in [0.2, 0.25) is 0 Å². The van der Waals surface area contributed by atoms with E-state index < -0.39 is 5.60 Å². The molecular weight excluding hydrogens is 288 g/mol. The van der Waals surface area contributed by atoms with Crippen molar-refractivity contribution >= 4 is 5.97 Å². The second kappa shape index (κ2) is 7.38. The van der Waals surface area contributed by atoms with Crippen molar-refractivity contribution in [1.29, 1.82) is 0 Å². The number of fused-ring (bicyclic) bond motifs is 1. The SMILES string of the molecule is C/C(CCC(=O)OC(C)(C)C)=C1/CC[C@@H]2CCCCC[C@]12CO. The first kappa shape index (κ1) is 18.5. The molecule has 0 aliphatic heterocycles. The van der Waals surface area contributed by atoms with Gasteiger partial charge in [0.1, 0.15) is 5.60 Å². The number of ether oxygens (including phenoxy) is 1. The van der Waals surface area contributed by atoms with E-state index in [4.69, 9.17) is 4.74 Å². The molecule has 0 heterocycles. The first-order valence-corrected chi connectivity index (χ1v) is 9.30. The number of carbonyl (C=O) groups is 1. The lowest BCUT2D eigenvalue weighted by Crippen LogP contribution is -2.31. The van der Waals surface area contributed by atoms with Crippen LogP contribution < -0.4 is 0 Å². The van der Waals surface area contributed by atoms with E-state index in [-0.39, 0.29) is 18.0 Å². The summed E-state index contributed by atoms with van der Waals surface area (Å²) >= 11 is 0. The van der Waals surface area contributed by atoms with Crippen LogP contribution in [0, 0.1) is 11.3 Å². The molecule has 0 spiro atoms. The number of aliphatic hydroxyl groups excluding tert-OH is 1. The predicted octanol–water partition coefficient (Wildman–Crippen LogP) is 4.78. The monoisotopic (exact) mass is 322 g/mol. The minimum absolute atomic E-state index is 0.00845. The largest absolute Gasteiger partial charge is 0.460 e. The second-order valence-electron chi connectivity index (χ2n) is 8.49. The summed E-state index contributed by atoms with van der Waals surface area (Å²) in [5.41, 5.74) is 2.36. The average Bonchev–Trinajstić information content (AvgIpc) is 2.69. The minimum Gasteiger partial charge on any atom is -0.460 e. The molecule has 132 valence electrons. The van der Waals surface area contributed by atoms with Gasteiger partial charge in [0.15, 0.2) is 0 Å². The molecule has 2 aliphatic rings. The summed E-state index contributed by atoms with van der Waals surface area (Å²) < 4.78 is 5.42. The van der Waals surface area contributed by atoms with Gasteiger partial charge in [0, 0.05) is 11.8 Å². The van der Waals surface area contributed by atoms with E-state index >= 15 is 0 Å². The summed E-state index contributed by atoms with van der Waals surface area (Å²) in [6, 6.07) is 0. The van der Waals surface area contributed by atoms with Crippen LogP contribution in [0.1, 0.15) is 85.5 Å². The molecule has 0 aromatic rings. The molecule has 0 amide bonds. The average molecular weight is 322 g/mol. The van der Waals surface area contributed by atoms with Crippen LogP contribution in [0.25, 0.3) is 0 Å². The van der Waals surface area contributed by atoms with Gasteiger partial charge in [0.05, 0.1) is 6.61 Å². The third kappa shape index (κ3) is 4.37. The van der Waals surface area contributed by atoms with Crippen LogP contribution in [0.3, 0.4) is 0 Å². The zero-order chi connectivity index (χ0) is 17.1. The van der Waals surface area contributed by atoms with Crippen molar-refractivity contribution in [3.63, 3.8) is 0 Å². The van der Waals surface area contributed by atoms with Crippen molar-refractivity contribution in [2.24, 2.45) is 11.3 Å². The van der Waals surface area contributed by atoms with Crippen LogP contribution in [0.4, 0.5) is 0 Å². The highest BCUT2D eigenvalue weighted by molar-refractivity contribution is 5.70. The van der Waals surface area contributed by atoms with Gasteiger partial charge < -0.3 is 9.84 Å². The van der Waals surface area contributed by atoms with Gasteiger partial charge in [-0.05, 0) is 65.7 Å². The highest BCUT2D eigenvalue weighted by Crippen LogP contribution is 2.55. The molecule has 0 bridgehead atoms. The number of allylic oxidation sites excluding steroid dienone is 1. The molecule has 0 saturated heterocycles. The minimum atomic E-state index is -0.413. The molecule has 3 heteroatoms. The third-order valence-electron chi connectivity index (χ3n) is 5.72. The fourth-order valence-electron chi connectivity index (χ4n) is 4.65. The van der Waals surface area contributed by atoms with Gasteiger partial charge in [-0.3, -0.25) is 4.79 Å². The number of hydrogen-bond donors (Lipinski definition) is 1. The number of rotatable bonds is 4. The fraction of sp³-hybridized carbons (Fsp3) is 0.850. The number of aliphatic hydroxyl groups is 1. The predicted molar refractivity (Wildman–Crippen MR) is 93.1 cm³/mol. The van der Waals surface area contributed by atoms with Crippen LogP contribution in [-0.2, 0) is 9.53 Å². The van der Waals surface area contributed by atoms with Gasteiger partial charge >= 0.3 is 5.97 Å². The van der Waals surface area contributed by atoms with Crippen LogP contribution in [-0.4, -0.2) is 23.3 Å². The summed E-state index contributed by atoms with van der Waals surface area (Å²) in [7, 11) is 0. The quantitative estimate of drug-likeness (QED) is 0.598. The summed E-state index contributed by atoms with van der Waals surface area (Å²) in [6.07, 6.45) is 9.71. The van der Waals surface area contributed by atoms with Crippen molar-refractivity contribution in [3.8, 4) is 0 Å². The van der Waals surface area contributed by atoms with Gasteiger partial charge in [-0.25, -0.2) is 0 Å². The molecule has 2 atom stereocenters. The number of hydrogen-bond acceptors (Lipinski definition) is 3. The highest BCUT2D eigenvalue weighted by Gasteiger charge is 2.46. The molecule has 23 heavy (non-hydrogen) atoms. The Morgan fingerprint density at radius 3 is 2.61 bits per heavy atom. The second-order valence-corrected chi connectivity index (χ2v) is 8.49. The standard InChI is InChI=1S/C20H34O3/c1-15(9-12-18(22)23-19(2,3)4)17-11-10-16-8-6-5-7-13-20(16,17)14-21/h16,21H,5-14H2,1-4H3/b17-15+/t16-,20+/m0/s1. The maximum Gasteiger partial charge on any atom is 0.306 e. The summed E-state index contributed by atoms with van der Waals surface area (Å²) in [4.78, 5) is 12.0. The first-order chi connectivity index (χ1) is 10.8. The van der Waals surface area contributed by atoms with E-state index in [0.717, 1.165) is 19.3 Å². The van der Waals surface area contributed by atoms with Gasteiger partial charge in [-0.1, -0.05) is 30.4 Å². The van der Waals surface area contributed by atoms with E-state index in [1.54, 1.807) is 0 Å². The van der Waals surface area contributed by atoms with Gasteiger partial charge in [-0.2, -0.15) is 0 Å². The Labute approximate surface area is 141 Å². The van der Waals surface area contributed by atoms with E-state index in [1.165, 1.54) is 43.3 Å². The molecule has 0 unspecified atom stereocenters. The normalized spacial score (nSPS) is 30.6. The Hall–Kier alpha value is -0.830. The summed E-state index contributed by atoms with van der Waals surface area (Å²) in [5, 5.41) is 10.2. The lowest BCUT2D eigenvalue weighted by molar-refractivity contribution is -0.154. The Kier molecular flexibility index (Phi) is 5.94. The van der Waals surface area contributed by atoms with Crippen molar-refractivity contribution in [3.05, 3.63) is 11.1 Å². The molecule has 2 fully saturated rings. The Morgan fingerprint density at radius 1 is 1.22 bits per heavy atom. The molecular formula is C20H34O3. The van der Waals surface area contributed by atoms with Crippen molar-refractivity contribution in [1.82, 2.24) is 0 Å². The lowest BCUT2D eigenvalue weighted by atomic mass is 9.71. The van der Waals surface area contributed by atoms with Gasteiger partial charge in [0.25, 0.3) is 0 Å². The zero-order valence-corrected chi connectivity index (χ0v) is 15.4. The first-order valence-electron chi connectivity index (χ1n) is 9.30. The topological polar surface area (TPSA) is 46.5 Å². The Morgan fingerprint density at radius 2 is 1.96 bits per heavy atom. The molecule has 2 rings (SSSR count). The molecule has 2 saturated carbocycles. The molecule has 1 N–H and O–H groups in total. The smallest absolute Gasteiger partial charge is 0.306 e. The summed E-state index contributed by atoms with van der Waals surface area (Å²) in [6.45, 7) is 8.15. The van der Waals surface area contributed by atoms with E-state index in [1.807, 2.05) is 20.8 Å².